The Morgan fingerprint density at radius 1 is 0.300 bits per heavy atom. The highest BCUT2D eigenvalue weighted by Gasteiger charge is 2.65. The molecule has 4 heteroatoms. The van der Waals surface area contributed by atoms with E-state index in [1.807, 2.05) is 0 Å². The van der Waals surface area contributed by atoms with Gasteiger partial charge in [0.1, 0.15) is 0 Å². The predicted octanol–water partition coefficient (Wildman–Crippen LogP) is 10.2. The fourth-order valence-electron chi connectivity index (χ4n) is 10.7. The third-order valence-electron chi connectivity index (χ3n) is 8.44. The van der Waals surface area contributed by atoms with Crippen LogP contribution in [0.4, 0.5) is 0 Å². The lowest BCUT2D eigenvalue weighted by Gasteiger charge is -2.65. The molecule has 0 nitrogen and oxygen atoms in total. The Morgan fingerprint density at radius 2 is 0.400 bits per heavy atom. The van der Waals surface area contributed by atoms with E-state index >= 15 is 0 Å². The Bertz CT molecular complexity index is 512. The van der Waals surface area contributed by atoms with Crippen LogP contribution in [-0.4, -0.2) is 30.0 Å². The largest absolute Gasteiger partial charge is 0.0748 e. The zero-order valence-corrected chi connectivity index (χ0v) is 29.0. The molecular weight excluding hydrogens is 425 g/mol. The monoisotopic (exact) mass is 484 g/mol. The lowest BCUT2D eigenvalue weighted by atomic mass is 10.2. The molecule has 0 rings (SSSR count). The highest BCUT2D eigenvalue weighted by Crippen LogP contribution is 2.65. The molecule has 0 atom stereocenters. The van der Waals surface area contributed by atoms with Gasteiger partial charge >= 0.3 is 0 Å². The van der Waals surface area contributed by atoms with Crippen molar-refractivity contribution >= 4 is 30.0 Å². The number of rotatable bonds is 2. The molecule has 0 saturated heterocycles. The molecule has 0 fully saturated rings. The summed E-state index contributed by atoms with van der Waals surface area (Å²) in [4.78, 5) is 0. The summed E-state index contributed by atoms with van der Waals surface area (Å²) in [6, 6.07) is 0. The van der Waals surface area contributed by atoms with Gasteiger partial charge in [0.15, 0.2) is 0 Å². The van der Waals surface area contributed by atoms with Crippen LogP contribution in [0.2, 0.25) is 43.3 Å². The topological polar surface area (TPSA) is 0 Å². The van der Waals surface area contributed by atoms with Crippen molar-refractivity contribution < 1.29 is 0 Å². The molecule has 0 aromatic rings. The molecule has 0 aliphatic rings. The molecule has 0 amide bonds. The summed E-state index contributed by atoms with van der Waals surface area (Å²) in [5.41, 5.74) is 0. The molecule has 0 spiro atoms. The molecular formula is C26H60Si4. The summed E-state index contributed by atoms with van der Waals surface area (Å²) in [6.07, 6.45) is 0. The van der Waals surface area contributed by atoms with Crippen molar-refractivity contribution in [3.63, 3.8) is 0 Å². The molecule has 0 bridgehead atoms. The zero-order valence-electron chi connectivity index (χ0n) is 25.0. The summed E-state index contributed by atoms with van der Waals surface area (Å²) < 4.78 is 0. The maximum atomic E-state index is 2.85. The van der Waals surface area contributed by atoms with Crippen LogP contribution >= 0.6 is 0 Å². The average molecular weight is 485 g/mol. The van der Waals surface area contributed by atoms with Gasteiger partial charge in [0.2, 0.25) is 0 Å². The smallest absolute Gasteiger partial charge is 0.0625 e. The minimum absolute atomic E-state index is 0.409. The standard InChI is InChI=1S/C26H60Si4/c1-21(2,3)29(22(4,5)6,23(7,8)9)27(19)28(20)30(24(10,11)12,25(13,14)15)26(16,17)18/h1-20H3/b28-27+. The predicted molar refractivity (Wildman–Crippen MR) is 153 cm³/mol. The van der Waals surface area contributed by atoms with Crippen LogP contribution in [0.25, 0.3) is 0 Å². The Morgan fingerprint density at radius 3 is 0.467 bits per heavy atom. The summed E-state index contributed by atoms with van der Waals surface area (Å²) in [7, 11) is -4.54. The molecule has 0 unspecified atom stereocenters. The molecule has 180 valence electrons. The van der Waals surface area contributed by atoms with Gasteiger partial charge in [-0.1, -0.05) is 138 Å². The quantitative estimate of drug-likeness (QED) is 0.342. The summed E-state index contributed by atoms with van der Waals surface area (Å²) in [5, 5.41) is 2.45. The first kappa shape index (κ1) is 30.9. The van der Waals surface area contributed by atoms with Crippen molar-refractivity contribution in [3.8, 4) is 0 Å². The molecule has 0 aliphatic heterocycles. The molecule has 0 aromatic carbocycles. The minimum atomic E-state index is -1.73. The van der Waals surface area contributed by atoms with Crippen molar-refractivity contribution in [3.05, 3.63) is 0 Å². The van der Waals surface area contributed by atoms with E-state index in [0.29, 0.717) is 30.2 Å². The van der Waals surface area contributed by atoms with Gasteiger partial charge in [-0.2, -0.15) is 0 Å². The molecule has 30 heavy (non-hydrogen) atoms. The van der Waals surface area contributed by atoms with Gasteiger partial charge in [-0.25, -0.2) is 0 Å². The fourth-order valence-corrected chi connectivity index (χ4v) is 96.2. The van der Waals surface area contributed by atoms with E-state index in [-0.39, 0.29) is 0 Å². The Labute approximate surface area is 197 Å². The molecule has 0 N–H and O–H groups in total. The lowest BCUT2D eigenvalue weighted by Crippen LogP contribution is -2.73. The Balaban J connectivity index is 8.11. The van der Waals surface area contributed by atoms with E-state index < -0.39 is 30.0 Å². The summed E-state index contributed by atoms with van der Waals surface area (Å²) in [6.45, 7) is 52.8. The van der Waals surface area contributed by atoms with Gasteiger partial charge in [0.25, 0.3) is 0 Å². The lowest BCUT2D eigenvalue weighted by molar-refractivity contribution is 0.552. The van der Waals surface area contributed by atoms with Crippen molar-refractivity contribution in [1.82, 2.24) is 0 Å². The van der Waals surface area contributed by atoms with E-state index in [0.717, 1.165) is 0 Å². The van der Waals surface area contributed by atoms with Crippen LogP contribution in [0.3, 0.4) is 0 Å². The zero-order chi connectivity index (χ0) is 25.2. The first-order valence-electron chi connectivity index (χ1n) is 12.2. The third kappa shape index (κ3) is 4.46. The van der Waals surface area contributed by atoms with E-state index in [1.165, 1.54) is 0 Å². The minimum Gasteiger partial charge on any atom is -0.0625 e. The summed E-state index contributed by atoms with van der Waals surface area (Å²) in [5.74, 6) is 0. The van der Waals surface area contributed by atoms with Crippen LogP contribution in [0.1, 0.15) is 125 Å². The van der Waals surface area contributed by atoms with Gasteiger partial charge in [-0.3, -0.25) is 0 Å². The van der Waals surface area contributed by atoms with Gasteiger partial charge < -0.3 is 0 Å². The van der Waals surface area contributed by atoms with Gasteiger partial charge in [-0.05, 0) is 45.0 Å². The SMILES string of the molecule is C/[Si](=[Si](/C)[Si](C(C)(C)C)(C(C)(C)C)C(C)(C)C)[Si](C(C)(C)C)(C(C)(C)C)C(C)(C)C. The van der Waals surface area contributed by atoms with Crippen molar-refractivity contribution in [2.75, 3.05) is 0 Å². The second-order valence-electron chi connectivity index (χ2n) is 16.2. The molecule has 0 saturated carbocycles. The molecule has 0 aliphatic carbocycles. The first-order valence-corrected chi connectivity index (χ1v) is 23.2. The van der Waals surface area contributed by atoms with Gasteiger partial charge in [0.05, 0.1) is 15.2 Å². The highest BCUT2D eigenvalue weighted by molar-refractivity contribution is 7.57. The van der Waals surface area contributed by atoms with Crippen LogP contribution in [0.5, 0.6) is 0 Å². The van der Waals surface area contributed by atoms with Crippen LogP contribution in [-0.2, 0) is 0 Å². The highest BCUT2D eigenvalue weighted by atomic mass is 29.6. The van der Waals surface area contributed by atoms with E-state index in [2.05, 4.69) is 138 Å². The van der Waals surface area contributed by atoms with Crippen LogP contribution in [0.15, 0.2) is 0 Å². The number of hydrogen-bond acceptors (Lipinski definition) is 0. The van der Waals surface area contributed by atoms with Crippen LogP contribution < -0.4 is 0 Å². The average Bonchev–Trinajstić information content (AvgIpc) is 2.27. The number of hydrogen-bond donors (Lipinski definition) is 0. The van der Waals surface area contributed by atoms with Crippen molar-refractivity contribution in [1.29, 1.82) is 0 Å². The third-order valence-corrected chi connectivity index (χ3v) is 64.7. The molecule has 0 aromatic heterocycles. The van der Waals surface area contributed by atoms with Crippen LogP contribution in [0, 0.1) is 0 Å². The molecule has 0 heterocycles. The summed E-state index contributed by atoms with van der Waals surface area (Å²) >= 11 is 0. The van der Waals surface area contributed by atoms with E-state index in [9.17, 15) is 0 Å². The fraction of sp³-hybridized carbons (Fsp3) is 1.00. The first-order chi connectivity index (χ1) is 12.6. The van der Waals surface area contributed by atoms with Gasteiger partial charge in [0, 0.05) is 0 Å². The Kier molecular flexibility index (Phi) is 8.51. The Hall–Kier alpha value is 0.868. The maximum absolute atomic E-state index is 2.85. The van der Waals surface area contributed by atoms with E-state index in [1.54, 1.807) is 0 Å². The van der Waals surface area contributed by atoms with Gasteiger partial charge in [-0.15, -0.1) is 0 Å². The van der Waals surface area contributed by atoms with E-state index in [4.69, 9.17) is 0 Å². The normalized spacial score (nSPS) is 17.2. The maximum Gasteiger partial charge on any atom is 0.0748 e. The van der Waals surface area contributed by atoms with Crippen molar-refractivity contribution in [2.24, 2.45) is 0 Å². The second-order valence-corrected chi connectivity index (χ2v) is 47.2. The molecule has 0 radical (unpaired) electrons. The van der Waals surface area contributed by atoms with Crippen molar-refractivity contribution in [2.45, 2.75) is 168 Å². The second kappa shape index (κ2) is 8.27.